The topological polar surface area (TPSA) is 98.7 Å². The summed E-state index contributed by atoms with van der Waals surface area (Å²) in [5.41, 5.74) is 0.433. The van der Waals surface area contributed by atoms with Crippen LogP contribution in [0.4, 0.5) is 0 Å². The van der Waals surface area contributed by atoms with Crippen LogP contribution in [0.2, 0.25) is 5.02 Å². The van der Waals surface area contributed by atoms with Crippen LogP contribution in [0, 0.1) is 0 Å². The highest BCUT2D eigenvalue weighted by Gasteiger charge is 2.18. The second-order valence-electron chi connectivity index (χ2n) is 4.90. The molecular formula is C16H14ClN2O4S-. The molecule has 0 aromatic heterocycles. The molecule has 8 heteroatoms. The predicted octanol–water partition coefficient (Wildman–Crippen LogP) is 1.20. The quantitative estimate of drug-likeness (QED) is 0.635. The number of halogens is 1. The molecule has 0 unspecified atom stereocenters. The zero-order valence-electron chi connectivity index (χ0n) is 12.6. The van der Waals surface area contributed by atoms with Crippen LogP contribution in [-0.2, 0) is 14.8 Å². The highest BCUT2D eigenvalue weighted by atomic mass is 35.5. The van der Waals surface area contributed by atoms with Gasteiger partial charge in [-0.15, -0.1) is 0 Å². The summed E-state index contributed by atoms with van der Waals surface area (Å²) in [6.45, 7) is 1.30. The Labute approximate surface area is 144 Å². The number of sulfonamides is 1. The van der Waals surface area contributed by atoms with Crippen LogP contribution in [0.15, 0.2) is 64.5 Å². The van der Waals surface area contributed by atoms with E-state index < -0.39 is 22.0 Å². The SMILES string of the molecule is C[C@H](N=C(NS(=O)(=O)c1ccc(Cl)cc1)c1ccccc1)C(=O)[O-]. The van der Waals surface area contributed by atoms with Gasteiger partial charge in [0.25, 0.3) is 10.0 Å². The largest absolute Gasteiger partial charge is 0.548 e. The monoisotopic (exact) mass is 365 g/mol. The fraction of sp³-hybridized carbons (Fsp3) is 0.125. The number of carbonyl (C=O) groups excluding carboxylic acids is 1. The molecule has 6 nitrogen and oxygen atoms in total. The van der Waals surface area contributed by atoms with Gasteiger partial charge in [-0.05, 0) is 31.2 Å². The number of aliphatic imine (C=N–C) groups is 1. The van der Waals surface area contributed by atoms with Crippen LogP contribution < -0.4 is 9.83 Å². The van der Waals surface area contributed by atoms with Gasteiger partial charge >= 0.3 is 0 Å². The Balaban J connectivity index is 2.41. The third kappa shape index (κ3) is 4.56. The molecule has 0 fully saturated rings. The Morgan fingerprint density at radius 3 is 2.25 bits per heavy atom. The van der Waals surface area contributed by atoms with Crippen molar-refractivity contribution in [2.24, 2.45) is 4.99 Å². The molecule has 1 atom stereocenters. The summed E-state index contributed by atoms with van der Waals surface area (Å²) in [6.07, 6.45) is 0. The van der Waals surface area contributed by atoms with Crippen molar-refractivity contribution in [1.82, 2.24) is 4.72 Å². The van der Waals surface area contributed by atoms with E-state index >= 15 is 0 Å². The molecule has 0 spiro atoms. The molecule has 24 heavy (non-hydrogen) atoms. The van der Waals surface area contributed by atoms with Crippen LogP contribution in [-0.4, -0.2) is 26.3 Å². The molecule has 0 radical (unpaired) electrons. The van der Waals surface area contributed by atoms with Gasteiger partial charge in [0.2, 0.25) is 0 Å². The number of carbonyl (C=O) groups is 1. The van der Waals surface area contributed by atoms with Crippen molar-refractivity contribution in [3.8, 4) is 0 Å². The fourth-order valence-electron chi connectivity index (χ4n) is 1.80. The number of hydrogen-bond donors (Lipinski definition) is 1. The Hall–Kier alpha value is -2.38. The Morgan fingerprint density at radius 1 is 1.12 bits per heavy atom. The van der Waals surface area contributed by atoms with Crippen molar-refractivity contribution < 1.29 is 18.3 Å². The van der Waals surface area contributed by atoms with Crippen LogP contribution in [0.3, 0.4) is 0 Å². The minimum absolute atomic E-state index is 0.0170. The molecule has 0 aliphatic carbocycles. The molecular weight excluding hydrogens is 352 g/mol. The number of hydrogen-bond acceptors (Lipinski definition) is 5. The molecule has 0 bridgehead atoms. The van der Waals surface area contributed by atoms with Gasteiger partial charge in [-0.25, -0.2) is 8.42 Å². The van der Waals surface area contributed by atoms with Gasteiger partial charge in [0.15, 0.2) is 0 Å². The van der Waals surface area contributed by atoms with Crippen molar-refractivity contribution in [2.45, 2.75) is 17.9 Å². The predicted molar refractivity (Wildman–Crippen MR) is 89.2 cm³/mol. The summed E-state index contributed by atoms with van der Waals surface area (Å²) in [5, 5.41) is 11.3. The maximum absolute atomic E-state index is 12.5. The van der Waals surface area contributed by atoms with E-state index in [9.17, 15) is 18.3 Å². The van der Waals surface area contributed by atoms with E-state index in [4.69, 9.17) is 11.6 Å². The second-order valence-corrected chi connectivity index (χ2v) is 7.02. The van der Waals surface area contributed by atoms with E-state index in [0.29, 0.717) is 10.6 Å². The van der Waals surface area contributed by atoms with Crippen molar-refractivity contribution in [3.05, 3.63) is 65.2 Å². The molecule has 1 N–H and O–H groups in total. The average molecular weight is 366 g/mol. The molecule has 0 amide bonds. The summed E-state index contributed by atoms with van der Waals surface area (Å²) in [4.78, 5) is 14.8. The molecule has 0 saturated carbocycles. The lowest BCUT2D eigenvalue weighted by Gasteiger charge is -2.14. The van der Waals surface area contributed by atoms with E-state index in [-0.39, 0.29) is 10.7 Å². The highest BCUT2D eigenvalue weighted by molar-refractivity contribution is 7.90. The van der Waals surface area contributed by atoms with E-state index in [1.165, 1.54) is 31.2 Å². The first kappa shape index (κ1) is 18.0. The standard InChI is InChI=1S/C16H15ClN2O4S/c1-11(16(20)21)18-15(12-5-3-2-4-6-12)19-24(22,23)14-9-7-13(17)8-10-14/h2-11H,1H3,(H,18,19)(H,20,21)/p-1/t11-/m0/s1. The third-order valence-corrected chi connectivity index (χ3v) is 4.67. The van der Waals surface area contributed by atoms with Gasteiger partial charge in [0, 0.05) is 10.6 Å². The minimum atomic E-state index is -3.95. The normalized spacial score (nSPS) is 13.3. The summed E-state index contributed by atoms with van der Waals surface area (Å²) >= 11 is 5.76. The lowest BCUT2D eigenvalue weighted by Crippen LogP contribution is -2.37. The number of aliphatic carboxylic acids is 1. The van der Waals surface area contributed by atoms with Crippen molar-refractivity contribution in [1.29, 1.82) is 0 Å². The minimum Gasteiger partial charge on any atom is -0.548 e. The number of benzene rings is 2. The third-order valence-electron chi connectivity index (χ3n) is 3.07. The van der Waals surface area contributed by atoms with Gasteiger partial charge in [0.1, 0.15) is 5.84 Å². The van der Waals surface area contributed by atoms with Crippen molar-refractivity contribution in [2.75, 3.05) is 0 Å². The smallest absolute Gasteiger partial charge is 0.263 e. The fourth-order valence-corrected chi connectivity index (χ4v) is 2.97. The lowest BCUT2D eigenvalue weighted by atomic mass is 10.2. The second kappa shape index (κ2) is 7.46. The van der Waals surface area contributed by atoms with E-state index in [1.807, 2.05) is 0 Å². The van der Waals surface area contributed by atoms with E-state index in [1.54, 1.807) is 30.3 Å². The summed E-state index contributed by atoms with van der Waals surface area (Å²) in [7, 11) is -3.95. The van der Waals surface area contributed by atoms with E-state index in [2.05, 4.69) is 9.71 Å². The molecule has 0 heterocycles. The van der Waals surface area contributed by atoms with Crippen molar-refractivity contribution >= 4 is 33.4 Å². The van der Waals surface area contributed by atoms with Crippen LogP contribution in [0.5, 0.6) is 0 Å². The number of nitrogens with zero attached hydrogens (tertiary/aromatic N) is 1. The summed E-state index contributed by atoms with van der Waals surface area (Å²) in [6, 6.07) is 12.7. The molecule has 2 aromatic carbocycles. The van der Waals surface area contributed by atoms with Gasteiger partial charge < -0.3 is 9.90 Å². The molecule has 2 rings (SSSR count). The first-order valence-electron chi connectivity index (χ1n) is 6.92. The molecule has 2 aromatic rings. The number of nitrogens with one attached hydrogen (secondary N) is 1. The van der Waals surface area contributed by atoms with Gasteiger partial charge in [-0.2, -0.15) is 0 Å². The maximum atomic E-state index is 12.5. The lowest BCUT2D eigenvalue weighted by molar-refractivity contribution is -0.306. The average Bonchev–Trinajstić information content (AvgIpc) is 2.55. The summed E-state index contributed by atoms with van der Waals surface area (Å²) in [5.74, 6) is -1.49. The van der Waals surface area contributed by atoms with Crippen molar-refractivity contribution in [3.63, 3.8) is 0 Å². The number of carboxylic acid groups (broad SMARTS) is 1. The Morgan fingerprint density at radius 2 is 1.71 bits per heavy atom. The van der Waals surface area contributed by atoms with Gasteiger partial charge in [-0.3, -0.25) is 9.71 Å². The van der Waals surface area contributed by atoms with Gasteiger partial charge in [-0.1, -0.05) is 41.9 Å². The zero-order valence-corrected chi connectivity index (χ0v) is 14.2. The van der Waals surface area contributed by atoms with E-state index in [0.717, 1.165) is 0 Å². The molecule has 0 saturated heterocycles. The van der Waals surface area contributed by atoms with Crippen LogP contribution in [0.1, 0.15) is 12.5 Å². The molecule has 0 aliphatic heterocycles. The molecule has 126 valence electrons. The first-order valence-corrected chi connectivity index (χ1v) is 8.78. The highest BCUT2D eigenvalue weighted by Crippen LogP contribution is 2.15. The Kier molecular flexibility index (Phi) is 5.58. The first-order chi connectivity index (χ1) is 11.3. The number of rotatable bonds is 5. The Bertz CT molecular complexity index is 849. The zero-order chi connectivity index (χ0) is 17.7. The number of carboxylic acids is 1. The van der Waals surface area contributed by atoms with Gasteiger partial charge in [0.05, 0.1) is 16.9 Å². The molecule has 0 aliphatic rings. The van der Waals surface area contributed by atoms with Crippen LogP contribution >= 0.6 is 11.6 Å². The van der Waals surface area contributed by atoms with Crippen LogP contribution in [0.25, 0.3) is 0 Å². The summed E-state index contributed by atoms with van der Waals surface area (Å²) < 4.78 is 27.3. The maximum Gasteiger partial charge on any atom is 0.263 e. The number of amidine groups is 1.